The van der Waals surface area contributed by atoms with E-state index in [4.69, 9.17) is 0 Å². The summed E-state index contributed by atoms with van der Waals surface area (Å²) in [6.07, 6.45) is 5.36. The molecule has 2 N–H and O–H groups in total. The van der Waals surface area contributed by atoms with E-state index in [9.17, 15) is 0 Å². The van der Waals surface area contributed by atoms with Crippen molar-refractivity contribution in [1.29, 1.82) is 0 Å². The van der Waals surface area contributed by atoms with E-state index in [1.54, 1.807) is 0 Å². The van der Waals surface area contributed by atoms with E-state index >= 15 is 0 Å². The lowest BCUT2D eigenvalue weighted by atomic mass is 9.68. The maximum atomic E-state index is 3.62. The molecule has 0 aliphatic heterocycles. The maximum absolute atomic E-state index is 3.62. The van der Waals surface area contributed by atoms with Crippen LogP contribution >= 0.6 is 11.3 Å². The molecule has 1 aliphatic carbocycles. The minimum atomic E-state index is 0.560. The van der Waals surface area contributed by atoms with Gasteiger partial charge < -0.3 is 10.6 Å². The Kier molecular flexibility index (Phi) is 4.38. The van der Waals surface area contributed by atoms with Crippen molar-refractivity contribution in [2.24, 2.45) is 5.41 Å². The molecule has 1 heterocycles. The Balaban J connectivity index is 1.63. The van der Waals surface area contributed by atoms with Gasteiger partial charge in [-0.1, -0.05) is 12.5 Å². The molecule has 16 heavy (non-hydrogen) atoms. The van der Waals surface area contributed by atoms with Crippen molar-refractivity contribution in [2.75, 3.05) is 26.7 Å². The molecule has 3 heteroatoms. The van der Waals surface area contributed by atoms with E-state index in [-0.39, 0.29) is 0 Å². The van der Waals surface area contributed by atoms with Gasteiger partial charge in [-0.15, -0.1) is 11.3 Å². The lowest BCUT2D eigenvalue weighted by Gasteiger charge is -2.42. The fourth-order valence-electron chi connectivity index (χ4n) is 2.49. The Labute approximate surface area is 102 Å². The molecule has 0 bridgehead atoms. The molecule has 0 atom stereocenters. The van der Waals surface area contributed by atoms with Gasteiger partial charge in [0.15, 0.2) is 0 Å². The van der Waals surface area contributed by atoms with Gasteiger partial charge in [-0.05, 0) is 49.7 Å². The third-order valence-corrected chi connectivity index (χ3v) is 4.53. The van der Waals surface area contributed by atoms with E-state index in [2.05, 4.69) is 35.2 Å². The molecule has 90 valence electrons. The van der Waals surface area contributed by atoms with E-state index in [0.29, 0.717) is 5.41 Å². The normalized spacial score (nSPS) is 18.3. The van der Waals surface area contributed by atoms with Crippen LogP contribution in [0.5, 0.6) is 0 Å². The summed E-state index contributed by atoms with van der Waals surface area (Å²) in [6, 6.07) is 4.35. The topological polar surface area (TPSA) is 24.1 Å². The van der Waals surface area contributed by atoms with Gasteiger partial charge in [-0.3, -0.25) is 0 Å². The van der Waals surface area contributed by atoms with Crippen LogP contribution < -0.4 is 10.6 Å². The van der Waals surface area contributed by atoms with Crippen LogP contribution in [0.3, 0.4) is 0 Å². The molecule has 0 spiro atoms. The lowest BCUT2D eigenvalue weighted by Crippen LogP contribution is -2.46. The van der Waals surface area contributed by atoms with Gasteiger partial charge >= 0.3 is 0 Å². The predicted octanol–water partition coefficient (Wildman–Crippen LogP) is 2.27. The Bertz CT molecular complexity index is 291. The van der Waals surface area contributed by atoms with Crippen molar-refractivity contribution in [2.45, 2.75) is 25.7 Å². The number of rotatable bonds is 7. The van der Waals surface area contributed by atoms with Crippen LogP contribution in [0.2, 0.25) is 0 Å². The van der Waals surface area contributed by atoms with E-state index in [0.717, 1.165) is 6.54 Å². The highest BCUT2D eigenvalue weighted by molar-refractivity contribution is 7.09. The smallest absolute Gasteiger partial charge is 0.00578 e. The third kappa shape index (κ3) is 3.06. The zero-order chi connectivity index (χ0) is 11.3. The summed E-state index contributed by atoms with van der Waals surface area (Å²) < 4.78 is 0. The standard InChI is InChI=1S/C13H22N2S/c1-14-10-13(6-3-7-13)11-15-8-5-12-4-2-9-16-12/h2,4,9,14-15H,3,5-8,10-11H2,1H3. The summed E-state index contributed by atoms with van der Waals surface area (Å²) >= 11 is 1.86. The molecule has 0 unspecified atom stereocenters. The van der Waals surface area contributed by atoms with Crippen LogP contribution in [-0.2, 0) is 6.42 Å². The Hall–Kier alpha value is -0.380. The molecule has 1 fully saturated rings. The van der Waals surface area contributed by atoms with Crippen molar-refractivity contribution >= 4 is 11.3 Å². The van der Waals surface area contributed by atoms with Gasteiger partial charge in [0.2, 0.25) is 0 Å². The fourth-order valence-corrected chi connectivity index (χ4v) is 3.20. The molecule has 0 amide bonds. The summed E-state index contributed by atoms with van der Waals surface area (Å²) in [6.45, 7) is 3.46. The zero-order valence-electron chi connectivity index (χ0n) is 10.1. The Morgan fingerprint density at radius 3 is 2.81 bits per heavy atom. The molecule has 1 saturated carbocycles. The van der Waals surface area contributed by atoms with Crippen molar-refractivity contribution in [3.05, 3.63) is 22.4 Å². The monoisotopic (exact) mass is 238 g/mol. The molecule has 0 radical (unpaired) electrons. The molecular formula is C13H22N2S. The first kappa shape index (κ1) is 12.1. The number of thiophene rings is 1. The molecule has 2 rings (SSSR count). The summed E-state index contributed by atoms with van der Waals surface area (Å²) in [5, 5.41) is 9.10. The van der Waals surface area contributed by atoms with Crippen LogP contribution in [0, 0.1) is 5.41 Å². The zero-order valence-corrected chi connectivity index (χ0v) is 10.9. The number of hydrogen-bond acceptors (Lipinski definition) is 3. The van der Waals surface area contributed by atoms with Crippen LogP contribution in [0.4, 0.5) is 0 Å². The second kappa shape index (κ2) is 5.80. The number of nitrogens with one attached hydrogen (secondary N) is 2. The predicted molar refractivity (Wildman–Crippen MR) is 71.1 cm³/mol. The van der Waals surface area contributed by atoms with E-state index < -0.39 is 0 Å². The highest BCUT2D eigenvalue weighted by Gasteiger charge is 2.35. The van der Waals surface area contributed by atoms with Gasteiger partial charge in [-0.25, -0.2) is 0 Å². The quantitative estimate of drug-likeness (QED) is 0.712. The van der Waals surface area contributed by atoms with Crippen molar-refractivity contribution in [3.63, 3.8) is 0 Å². The SMILES string of the molecule is CNCC1(CNCCc2cccs2)CCC1. The minimum Gasteiger partial charge on any atom is -0.319 e. The van der Waals surface area contributed by atoms with Gasteiger partial charge in [-0.2, -0.15) is 0 Å². The molecule has 1 aliphatic rings. The highest BCUT2D eigenvalue weighted by Crippen LogP contribution is 2.39. The van der Waals surface area contributed by atoms with Gasteiger partial charge in [0.1, 0.15) is 0 Å². The van der Waals surface area contributed by atoms with Crippen molar-refractivity contribution < 1.29 is 0 Å². The Morgan fingerprint density at radius 1 is 1.38 bits per heavy atom. The van der Waals surface area contributed by atoms with E-state index in [1.165, 1.54) is 43.6 Å². The summed E-state index contributed by atoms with van der Waals surface area (Å²) in [5.74, 6) is 0. The Morgan fingerprint density at radius 2 is 2.25 bits per heavy atom. The molecular weight excluding hydrogens is 216 g/mol. The van der Waals surface area contributed by atoms with Gasteiger partial charge in [0.25, 0.3) is 0 Å². The summed E-state index contributed by atoms with van der Waals surface area (Å²) in [5.41, 5.74) is 0.560. The average molecular weight is 238 g/mol. The maximum Gasteiger partial charge on any atom is 0.00578 e. The van der Waals surface area contributed by atoms with Crippen LogP contribution in [-0.4, -0.2) is 26.7 Å². The highest BCUT2D eigenvalue weighted by atomic mass is 32.1. The molecule has 0 aromatic carbocycles. The lowest BCUT2D eigenvalue weighted by molar-refractivity contribution is 0.131. The first-order valence-electron chi connectivity index (χ1n) is 6.22. The first-order chi connectivity index (χ1) is 7.85. The fraction of sp³-hybridized carbons (Fsp3) is 0.692. The molecule has 1 aromatic rings. The third-order valence-electron chi connectivity index (χ3n) is 3.59. The number of hydrogen-bond donors (Lipinski definition) is 2. The summed E-state index contributed by atoms with van der Waals surface area (Å²) in [4.78, 5) is 1.49. The summed E-state index contributed by atoms with van der Waals surface area (Å²) in [7, 11) is 2.06. The van der Waals surface area contributed by atoms with Crippen LogP contribution in [0.15, 0.2) is 17.5 Å². The molecule has 1 aromatic heterocycles. The van der Waals surface area contributed by atoms with E-state index in [1.807, 2.05) is 11.3 Å². The van der Waals surface area contributed by atoms with Crippen LogP contribution in [0.25, 0.3) is 0 Å². The first-order valence-corrected chi connectivity index (χ1v) is 7.10. The average Bonchev–Trinajstić information content (AvgIpc) is 2.73. The van der Waals surface area contributed by atoms with Gasteiger partial charge in [0, 0.05) is 18.0 Å². The second-order valence-corrected chi connectivity index (χ2v) is 5.92. The van der Waals surface area contributed by atoms with Gasteiger partial charge in [0.05, 0.1) is 0 Å². The van der Waals surface area contributed by atoms with Crippen molar-refractivity contribution in [3.8, 4) is 0 Å². The molecule has 0 saturated heterocycles. The molecule has 2 nitrogen and oxygen atoms in total. The second-order valence-electron chi connectivity index (χ2n) is 4.89. The van der Waals surface area contributed by atoms with Crippen LogP contribution in [0.1, 0.15) is 24.1 Å². The largest absolute Gasteiger partial charge is 0.319 e. The van der Waals surface area contributed by atoms with Crippen molar-refractivity contribution in [1.82, 2.24) is 10.6 Å². The minimum absolute atomic E-state index is 0.560.